The molecule has 1 saturated heterocycles. The molecule has 4 heteroatoms. The number of allylic oxidation sites excluding steroid dienone is 3. The SMILES string of the molecule is C1=CC2=C(C=NN1)CC1OCOC1=C2. The lowest BCUT2D eigenvalue weighted by molar-refractivity contribution is 0.0505. The molecule has 2 aliphatic heterocycles. The third-order valence-corrected chi connectivity index (χ3v) is 2.52. The minimum Gasteiger partial charge on any atom is -0.469 e. The second kappa shape index (κ2) is 2.99. The van der Waals surface area contributed by atoms with Gasteiger partial charge in [0.25, 0.3) is 0 Å². The smallest absolute Gasteiger partial charge is 0.189 e. The van der Waals surface area contributed by atoms with Gasteiger partial charge in [0, 0.05) is 12.6 Å². The first-order valence-electron chi connectivity index (χ1n) is 4.58. The van der Waals surface area contributed by atoms with E-state index in [0.717, 1.165) is 17.8 Å². The first-order chi connectivity index (χ1) is 6.93. The number of hydrogen-bond donors (Lipinski definition) is 1. The molecular formula is C10H10N2O2. The quantitative estimate of drug-likeness (QED) is 0.620. The summed E-state index contributed by atoms with van der Waals surface area (Å²) in [5.41, 5.74) is 5.14. The van der Waals surface area contributed by atoms with E-state index in [-0.39, 0.29) is 6.10 Å². The fraction of sp³-hybridized carbons (Fsp3) is 0.300. The maximum Gasteiger partial charge on any atom is 0.189 e. The van der Waals surface area contributed by atoms with Crippen LogP contribution in [0.5, 0.6) is 0 Å². The van der Waals surface area contributed by atoms with Crippen molar-refractivity contribution >= 4 is 6.21 Å². The highest BCUT2D eigenvalue weighted by Gasteiger charge is 2.28. The van der Waals surface area contributed by atoms with Crippen molar-refractivity contribution in [3.05, 3.63) is 35.3 Å². The standard InChI is InChI=1S/C10H10N2O2/c1-2-11-12-5-8-4-10-9(3-7(1)8)13-6-14-10/h1-3,5,10-11H,4,6H2. The average Bonchev–Trinajstić information content (AvgIpc) is 2.51. The van der Waals surface area contributed by atoms with Crippen LogP contribution in [0.4, 0.5) is 0 Å². The van der Waals surface area contributed by atoms with Crippen LogP contribution in [-0.2, 0) is 9.47 Å². The van der Waals surface area contributed by atoms with Gasteiger partial charge in [-0.25, -0.2) is 0 Å². The number of hydrogen-bond acceptors (Lipinski definition) is 4. The summed E-state index contributed by atoms with van der Waals surface area (Å²) >= 11 is 0. The predicted molar refractivity (Wildman–Crippen MR) is 51.3 cm³/mol. The molecule has 14 heavy (non-hydrogen) atoms. The van der Waals surface area contributed by atoms with E-state index in [1.165, 1.54) is 5.57 Å². The number of nitrogens with one attached hydrogen (secondary N) is 1. The lowest BCUT2D eigenvalue weighted by atomic mass is 9.95. The molecule has 0 aromatic carbocycles. The Morgan fingerprint density at radius 2 is 2.50 bits per heavy atom. The second-order valence-corrected chi connectivity index (χ2v) is 3.37. The molecule has 72 valence electrons. The largest absolute Gasteiger partial charge is 0.469 e. The van der Waals surface area contributed by atoms with Crippen LogP contribution in [0.15, 0.2) is 40.4 Å². The molecule has 0 aromatic rings. The fourth-order valence-corrected chi connectivity index (χ4v) is 1.78. The van der Waals surface area contributed by atoms with Crippen LogP contribution in [0.2, 0.25) is 0 Å². The van der Waals surface area contributed by atoms with Crippen molar-refractivity contribution in [2.75, 3.05) is 6.79 Å². The van der Waals surface area contributed by atoms with E-state index in [1.807, 2.05) is 24.6 Å². The van der Waals surface area contributed by atoms with E-state index in [0.29, 0.717) is 6.79 Å². The van der Waals surface area contributed by atoms with Crippen LogP contribution < -0.4 is 5.43 Å². The number of ether oxygens (including phenoxy) is 2. The van der Waals surface area contributed by atoms with Crippen molar-refractivity contribution in [1.29, 1.82) is 0 Å². The van der Waals surface area contributed by atoms with Crippen molar-refractivity contribution in [2.24, 2.45) is 5.10 Å². The van der Waals surface area contributed by atoms with Crippen molar-refractivity contribution in [2.45, 2.75) is 12.5 Å². The minimum atomic E-state index is 0.0895. The van der Waals surface area contributed by atoms with E-state index < -0.39 is 0 Å². The molecule has 0 saturated carbocycles. The molecule has 0 amide bonds. The van der Waals surface area contributed by atoms with Crippen LogP contribution in [-0.4, -0.2) is 19.1 Å². The van der Waals surface area contributed by atoms with Gasteiger partial charge in [0.05, 0.1) is 6.21 Å². The molecule has 0 bridgehead atoms. The summed E-state index contributed by atoms with van der Waals surface area (Å²) in [6.45, 7) is 0.371. The Bertz CT molecular complexity index is 380. The molecule has 0 radical (unpaired) electrons. The summed E-state index contributed by atoms with van der Waals surface area (Å²) in [5.74, 6) is 0.934. The maximum atomic E-state index is 5.42. The molecule has 2 heterocycles. The topological polar surface area (TPSA) is 42.9 Å². The van der Waals surface area contributed by atoms with Gasteiger partial charge < -0.3 is 9.47 Å². The van der Waals surface area contributed by atoms with Crippen LogP contribution >= 0.6 is 0 Å². The maximum absolute atomic E-state index is 5.42. The minimum absolute atomic E-state index is 0.0895. The zero-order valence-electron chi connectivity index (χ0n) is 7.56. The monoisotopic (exact) mass is 190 g/mol. The summed E-state index contributed by atoms with van der Waals surface area (Å²) in [6, 6.07) is 0. The van der Waals surface area contributed by atoms with Gasteiger partial charge in [-0.2, -0.15) is 5.10 Å². The Hall–Kier alpha value is -1.55. The van der Waals surface area contributed by atoms with Gasteiger partial charge in [-0.15, -0.1) is 0 Å². The normalized spacial score (nSPS) is 28.6. The van der Waals surface area contributed by atoms with Gasteiger partial charge in [-0.1, -0.05) is 0 Å². The summed E-state index contributed by atoms with van der Waals surface area (Å²) < 4.78 is 10.8. The molecule has 1 atom stereocenters. The highest BCUT2D eigenvalue weighted by molar-refractivity contribution is 5.82. The molecule has 0 spiro atoms. The Balaban J connectivity index is 2.01. The second-order valence-electron chi connectivity index (χ2n) is 3.37. The number of rotatable bonds is 0. The number of fused-ring (bicyclic) bond motifs is 1. The first-order valence-corrected chi connectivity index (χ1v) is 4.58. The Kier molecular flexibility index (Phi) is 1.67. The van der Waals surface area contributed by atoms with Gasteiger partial charge in [0.15, 0.2) is 6.79 Å². The molecule has 1 N–H and O–H groups in total. The van der Waals surface area contributed by atoms with Crippen LogP contribution in [0.1, 0.15) is 6.42 Å². The van der Waals surface area contributed by atoms with Crippen molar-refractivity contribution in [3.63, 3.8) is 0 Å². The third kappa shape index (κ3) is 1.15. The Morgan fingerprint density at radius 1 is 1.50 bits per heavy atom. The number of nitrogens with zero attached hydrogens (tertiary/aromatic N) is 1. The third-order valence-electron chi connectivity index (χ3n) is 2.52. The van der Waals surface area contributed by atoms with E-state index >= 15 is 0 Å². The average molecular weight is 190 g/mol. The molecular weight excluding hydrogens is 180 g/mol. The van der Waals surface area contributed by atoms with Gasteiger partial charge in [0.2, 0.25) is 0 Å². The van der Waals surface area contributed by atoms with E-state index in [1.54, 1.807) is 0 Å². The summed E-state index contributed by atoms with van der Waals surface area (Å²) in [5, 5.41) is 4.02. The van der Waals surface area contributed by atoms with Crippen LogP contribution in [0.25, 0.3) is 0 Å². The zero-order chi connectivity index (χ0) is 9.38. The van der Waals surface area contributed by atoms with Crippen LogP contribution in [0, 0.1) is 0 Å². The Morgan fingerprint density at radius 3 is 3.50 bits per heavy atom. The molecule has 0 aromatic heterocycles. The van der Waals surface area contributed by atoms with E-state index in [9.17, 15) is 0 Å². The van der Waals surface area contributed by atoms with Gasteiger partial charge >= 0.3 is 0 Å². The molecule has 1 fully saturated rings. The summed E-state index contributed by atoms with van der Waals surface area (Å²) in [6.07, 6.45) is 8.60. The lowest BCUT2D eigenvalue weighted by Crippen LogP contribution is -2.14. The fourth-order valence-electron chi connectivity index (χ4n) is 1.78. The van der Waals surface area contributed by atoms with Crippen LogP contribution in [0.3, 0.4) is 0 Å². The van der Waals surface area contributed by atoms with Gasteiger partial charge in [0.1, 0.15) is 11.9 Å². The summed E-state index contributed by atoms with van der Waals surface area (Å²) in [4.78, 5) is 0. The first kappa shape index (κ1) is 7.82. The summed E-state index contributed by atoms with van der Waals surface area (Å²) in [7, 11) is 0. The van der Waals surface area contributed by atoms with Crippen molar-refractivity contribution in [3.8, 4) is 0 Å². The predicted octanol–water partition coefficient (Wildman–Crippen LogP) is 1.05. The molecule has 1 aliphatic carbocycles. The van der Waals surface area contributed by atoms with Crippen molar-refractivity contribution < 1.29 is 9.47 Å². The highest BCUT2D eigenvalue weighted by atomic mass is 16.7. The molecule has 3 rings (SSSR count). The van der Waals surface area contributed by atoms with E-state index in [2.05, 4.69) is 10.5 Å². The molecule has 4 nitrogen and oxygen atoms in total. The lowest BCUT2D eigenvalue weighted by Gasteiger charge is -2.16. The zero-order valence-corrected chi connectivity index (χ0v) is 7.56. The van der Waals surface area contributed by atoms with Gasteiger partial charge in [-0.3, -0.25) is 5.43 Å². The number of hydrazone groups is 1. The van der Waals surface area contributed by atoms with E-state index in [4.69, 9.17) is 9.47 Å². The van der Waals surface area contributed by atoms with Crippen molar-refractivity contribution in [1.82, 2.24) is 5.43 Å². The molecule has 3 aliphatic rings. The molecule has 1 unspecified atom stereocenters. The Labute approximate surface area is 81.6 Å². The highest BCUT2D eigenvalue weighted by Crippen LogP contribution is 2.31. The van der Waals surface area contributed by atoms with Gasteiger partial charge in [-0.05, 0) is 23.3 Å².